The highest BCUT2D eigenvalue weighted by Gasteiger charge is 2.29. The molecular formula is C25H38O4. The fourth-order valence-corrected chi connectivity index (χ4v) is 3.70. The highest BCUT2D eigenvalue weighted by atomic mass is 16.5. The molecule has 1 aromatic carbocycles. The Morgan fingerprint density at radius 2 is 2.07 bits per heavy atom. The van der Waals surface area contributed by atoms with Crippen LogP contribution in [0.3, 0.4) is 0 Å². The van der Waals surface area contributed by atoms with Gasteiger partial charge < -0.3 is 14.6 Å². The molecule has 1 N–H and O–H groups in total. The van der Waals surface area contributed by atoms with E-state index in [1.54, 1.807) is 0 Å². The van der Waals surface area contributed by atoms with Crippen molar-refractivity contribution in [3.8, 4) is 11.5 Å². The van der Waals surface area contributed by atoms with Gasteiger partial charge >= 0.3 is 5.97 Å². The molecule has 0 saturated carbocycles. The molecule has 4 nitrogen and oxygen atoms in total. The van der Waals surface area contributed by atoms with Gasteiger partial charge in [0, 0.05) is 6.42 Å². The van der Waals surface area contributed by atoms with Crippen LogP contribution >= 0.6 is 0 Å². The Morgan fingerprint density at radius 1 is 1.28 bits per heavy atom. The predicted molar refractivity (Wildman–Crippen MR) is 118 cm³/mol. The summed E-state index contributed by atoms with van der Waals surface area (Å²) in [5.74, 6) is 2.43. The maximum absolute atomic E-state index is 10.6. The van der Waals surface area contributed by atoms with Gasteiger partial charge in [-0.05, 0) is 74.3 Å². The van der Waals surface area contributed by atoms with Gasteiger partial charge in [-0.25, -0.2) is 0 Å². The number of carbonyl (C=O) groups is 1. The first-order valence-corrected chi connectivity index (χ1v) is 11.1. The van der Waals surface area contributed by atoms with E-state index in [0.717, 1.165) is 42.2 Å². The van der Waals surface area contributed by atoms with Crippen LogP contribution in [0, 0.1) is 11.8 Å². The molecule has 0 spiro atoms. The zero-order valence-electron chi connectivity index (χ0n) is 18.6. The van der Waals surface area contributed by atoms with Gasteiger partial charge in [-0.2, -0.15) is 0 Å². The molecule has 1 aromatic rings. The minimum absolute atomic E-state index is 0.134. The van der Waals surface area contributed by atoms with Gasteiger partial charge in [-0.1, -0.05) is 46.1 Å². The van der Waals surface area contributed by atoms with Gasteiger partial charge in [-0.3, -0.25) is 4.79 Å². The number of ether oxygens (including phenoxy) is 2. The number of allylic oxidation sites excluding steroid dienone is 1. The number of hydrogen-bond donors (Lipinski definition) is 1. The van der Waals surface area contributed by atoms with Crippen LogP contribution in [0.1, 0.15) is 78.2 Å². The molecule has 0 aromatic heterocycles. The van der Waals surface area contributed by atoms with E-state index in [9.17, 15) is 4.79 Å². The molecule has 1 aliphatic heterocycles. The molecular weight excluding hydrogens is 364 g/mol. The Kier molecular flexibility index (Phi) is 9.06. The Bertz CT molecular complexity index is 679. The van der Waals surface area contributed by atoms with Crippen LogP contribution in [-0.2, 0) is 11.2 Å². The van der Waals surface area contributed by atoms with Crippen LogP contribution in [0.5, 0.6) is 11.5 Å². The standard InChI is InChI=1S/C25H38O4/c1-19(2)8-5-9-20(3)10-6-15-25(4)16-14-21-18-22(12-13-23(21)29-25)28-17-7-11-24(26)27/h6,12-13,15,18-20H,5,7-11,14,16-17H2,1-4H3,(H,26,27)/b15-6+. The molecule has 4 heteroatoms. The zero-order chi connectivity index (χ0) is 21.3. The average molecular weight is 403 g/mol. The minimum Gasteiger partial charge on any atom is -0.494 e. The first kappa shape index (κ1) is 23.3. The van der Waals surface area contributed by atoms with E-state index in [2.05, 4.69) is 39.8 Å². The van der Waals surface area contributed by atoms with E-state index in [1.165, 1.54) is 19.3 Å². The van der Waals surface area contributed by atoms with Gasteiger partial charge in [0.2, 0.25) is 0 Å². The number of benzene rings is 1. The topological polar surface area (TPSA) is 55.8 Å². The molecule has 2 unspecified atom stereocenters. The summed E-state index contributed by atoms with van der Waals surface area (Å²) in [5.41, 5.74) is 0.905. The third kappa shape index (κ3) is 8.51. The van der Waals surface area contributed by atoms with Crippen molar-refractivity contribution in [1.29, 1.82) is 0 Å². The number of aliphatic carboxylic acids is 1. The summed E-state index contributed by atoms with van der Waals surface area (Å²) < 4.78 is 12.0. The van der Waals surface area contributed by atoms with E-state index in [0.29, 0.717) is 18.9 Å². The number of carboxylic acid groups (broad SMARTS) is 1. The quantitative estimate of drug-likeness (QED) is 0.324. The molecule has 0 amide bonds. The van der Waals surface area contributed by atoms with E-state index in [-0.39, 0.29) is 12.0 Å². The minimum atomic E-state index is -0.787. The van der Waals surface area contributed by atoms with Crippen LogP contribution in [0.15, 0.2) is 30.4 Å². The van der Waals surface area contributed by atoms with Crippen LogP contribution in [0.4, 0.5) is 0 Å². The van der Waals surface area contributed by atoms with Crippen molar-refractivity contribution in [3.05, 3.63) is 35.9 Å². The van der Waals surface area contributed by atoms with Crippen LogP contribution in [-0.4, -0.2) is 23.3 Å². The van der Waals surface area contributed by atoms with E-state index < -0.39 is 5.97 Å². The van der Waals surface area contributed by atoms with E-state index in [4.69, 9.17) is 14.6 Å². The molecule has 29 heavy (non-hydrogen) atoms. The van der Waals surface area contributed by atoms with Crippen molar-refractivity contribution in [1.82, 2.24) is 0 Å². The molecule has 162 valence electrons. The molecule has 0 fully saturated rings. The second kappa shape index (κ2) is 11.3. The summed E-state index contributed by atoms with van der Waals surface area (Å²) in [6.07, 6.45) is 12.1. The molecule has 2 rings (SSSR count). The highest BCUT2D eigenvalue weighted by molar-refractivity contribution is 5.66. The van der Waals surface area contributed by atoms with Crippen molar-refractivity contribution in [2.24, 2.45) is 11.8 Å². The SMILES string of the molecule is CC(C)CCCC(C)C/C=C/C1(C)CCc2cc(OCCCC(=O)O)ccc2O1. The van der Waals surface area contributed by atoms with Crippen LogP contribution in [0.2, 0.25) is 0 Å². The van der Waals surface area contributed by atoms with Crippen LogP contribution in [0.25, 0.3) is 0 Å². The molecule has 1 aliphatic rings. The van der Waals surface area contributed by atoms with Crippen molar-refractivity contribution < 1.29 is 19.4 Å². The lowest BCUT2D eigenvalue weighted by atomic mass is 9.91. The summed E-state index contributed by atoms with van der Waals surface area (Å²) >= 11 is 0. The monoisotopic (exact) mass is 402 g/mol. The lowest BCUT2D eigenvalue weighted by molar-refractivity contribution is -0.137. The summed E-state index contributed by atoms with van der Waals surface area (Å²) in [6.45, 7) is 9.49. The van der Waals surface area contributed by atoms with Gasteiger partial charge in [0.05, 0.1) is 6.61 Å². The van der Waals surface area contributed by atoms with Crippen molar-refractivity contribution in [3.63, 3.8) is 0 Å². The Balaban J connectivity index is 1.82. The number of aryl methyl sites for hydroxylation is 1. The number of hydrogen-bond acceptors (Lipinski definition) is 3. The normalized spacial score (nSPS) is 19.8. The zero-order valence-corrected chi connectivity index (χ0v) is 18.6. The van der Waals surface area contributed by atoms with Gasteiger partial charge in [0.1, 0.15) is 17.1 Å². The molecule has 0 aliphatic carbocycles. The lowest BCUT2D eigenvalue weighted by Gasteiger charge is -2.33. The van der Waals surface area contributed by atoms with Crippen LogP contribution < -0.4 is 9.47 Å². The maximum atomic E-state index is 10.6. The predicted octanol–water partition coefficient (Wildman–Crippen LogP) is 6.42. The first-order chi connectivity index (χ1) is 13.8. The van der Waals surface area contributed by atoms with Crippen molar-refractivity contribution in [2.75, 3.05) is 6.61 Å². The maximum Gasteiger partial charge on any atom is 0.303 e. The fraction of sp³-hybridized carbons (Fsp3) is 0.640. The highest BCUT2D eigenvalue weighted by Crippen LogP contribution is 2.36. The second-order valence-electron chi connectivity index (χ2n) is 9.10. The number of fused-ring (bicyclic) bond motifs is 1. The molecule has 0 saturated heterocycles. The molecule has 0 bridgehead atoms. The van der Waals surface area contributed by atoms with Crippen molar-refractivity contribution in [2.45, 2.75) is 84.7 Å². The number of rotatable bonds is 12. The van der Waals surface area contributed by atoms with Gasteiger partial charge in [0.25, 0.3) is 0 Å². The molecule has 0 radical (unpaired) electrons. The third-order valence-corrected chi connectivity index (χ3v) is 5.56. The van der Waals surface area contributed by atoms with Gasteiger partial charge in [0.15, 0.2) is 0 Å². The summed E-state index contributed by atoms with van der Waals surface area (Å²) in [7, 11) is 0. The fourth-order valence-electron chi connectivity index (χ4n) is 3.70. The lowest BCUT2D eigenvalue weighted by Crippen LogP contribution is -2.34. The summed E-state index contributed by atoms with van der Waals surface area (Å²) in [6, 6.07) is 5.91. The van der Waals surface area contributed by atoms with E-state index >= 15 is 0 Å². The molecule has 1 heterocycles. The Labute approximate surface area is 176 Å². The molecule has 2 atom stereocenters. The number of carboxylic acids is 1. The Hall–Kier alpha value is -1.97. The van der Waals surface area contributed by atoms with Gasteiger partial charge in [-0.15, -0.1) is 0 Å². The third-order valence-electron chi connectivity index (χ3n) is 5.56. The van der Waals surface area contributed by atoms with E-state index in [1.807, 2.05) is 18.2 Å². The largest absolute Gasteiger partial charge is 0.494 e. The summed E-state index contributed by atoms with van der Waals surface area (Å²) in [5, 5.41) is 8.69. The smallest absolute Gasteiger partial charge is 0.303 e. The Morgan fingerprint density at radius 3 is 2.79 bits per heavy atom. The average Bonchev–Trinajstić information content (AvgIpc) is 2.65. The summed E-state index contributed by atoms with van der Waals surface area (Å²) in [4.78, 5) is 10.6. The second-order valence-corrected chi connectivity index (χ2v) is 9.10. The first-order valence-electron chi connectivity index (χ1n) is 11.1. The van der Waals surface area contributed by atoms with Crippen molar-refractivity contribution >= 4 is 5.97 Å².